The molecule has 94 valence electrons. The van der Waals surface area contributed by atoms with E-state index in [1.54, 1.807) is 10.9 Å². The van der Waals surface area contributed by atoms with Gasteiger partial charge in [-0.15, -0.1) is 0 Å². The maximum absolute atomic E-state index is 10.7. The van der Waals surface area contributed by atoms with Gasteiger partial charge in [-0.05, 0) is 12.8 Å². The molecule has 1 atom stereocenters. The van der Waals surface area contributed by atoms with Gasteiger partial charge in [0.2, 0.25) is 0 Å². The zero-order valence-electron chi connectivity index (χ0n) is 9.80. The Balaban J connectivity index is 2.09. The largest absolute Gasteiger partial charge is 0.445 e. The number of carbonyl (C=O) groups excluding carboxylic acids is 1. The van der Waals surface area contributed by atoms with E-state index in [4.69, 9.17) is 16.2 Å². The lowest BCUT2D eigenvalue weighted by Crippen LogP contribution is -2.42. The first kappa shape index (κ1) is 11.6. The van der Waals surface area contributed by atoms with Gasteiger partial charge in [0.15, 0.2) is 0 Å². The Morgan fingerprint density at radius 2 is 2.41 bits per heavy atom. The molecule has 4 N–H and O–H groups in total. The minimum atomic E-state index is -0.727. The summed E-state index contributed by atoms with van der Waals surface area (Å²) < 4.78 is 6.75. The molecule has 1 aromatic heterocycles. The minimum Gasteiger partial charge on any atom is -0.445 e. The second kappa shape index (κ2) is 4.52. The van der Waals surface area contributed by atoms with Crippen molar-refractivity contribution in [2.75, 3.05) is 23.7 Å². The van der Waals surface area contributed by atoms with Gasteiger partial charge in [-0.3, -0.25) is 4.68 Å². The number of hydrogen-bond donors (Lipinski definition) is 2. The Morgan fingerprint density at radius 3 is 3.00 bits per heavy atom. The third kappa shape index (κ3) is 2.43. The van der Waals surface area contributed by atoms with Gasteiger partial charge >= 0.3 is 6.09 Å². The van der Waals surface area contributed by atoms with Crippen molar-refractivity contribution in [3.8, 4) is 0 Å². The molecular weight excluding hydrogens is 222 g/mol. The van der Waals surface area contributed by atoms with Gasteiger partial charge in [0.25, 0.3) is 0 Å². The molecule has 1 aliphatic heterocycles. The number of ether oxygens (including phenoxy) is 1. The number of aromatic nitrogens is 2. The molecule has 2 heterocycles. The molecule has 1 unspecified atom stereocenters. The van der Waals surface area contributed by atoms with Crippen molar-refractivity contribution >= 4 is 17.6 Å². The molecule has 0 aromatic carbocycles. The van der Waals surface area contributed by atoms with Crippen LogP contribution in [0, 0.1) is 0 Å². The van der Waals surface area contributed by atoms with Crippen LogP contribution in [0.3, 0.4) is 0 Å². The van der Waals surface area contributed by atoms with E-state index < -0.39 is 6.09 Å². The third-order valence-corrected chi connectivity index (χ3v) is 2.90. The first-order valence-electron chi connectivity index (χ1n) is 5.56. The van der Waals surface area contributed by atoms with Crippen LogP contribution in [0.2, 0.25) is 0 Å². The number of nitrogens with two attached hydrogens (primary N) is 2. The van der Waals surface area contributed by atoms with E-state index in [1.165, 1.54) is 0 Å². The molecule has 0 aliphatic carbocycles. The van der Waals surface area contributed by atoms with E-state index in [2.05, 4.69) is 10.00 Å². The van der Waals surface area contributed by atoms with E-state index in [-0.39, 0.29) is 6.10 Å². The Labute approximate surface area is 99.3 Å². The average molecular weight is 239 g/mol. The van der Waals surface area contributed by atoms with Crippen molar-refractivity contribution < 1.29 is 9.53 Å². The highest BCUT2D eigenvalue weighted by atomic mass is 16.6. The number of carbonyl (C=O) groups is 1. The lowest BCUT2D eigenvalue weighted by Gasteiger charge is -2.33. The predicted octanol–water partition coefficient (Wildman–Crippen LogP) is 0.0664. The summed E-state index contributed by atoms with van der Waals surface area (Å²) in [5, 5.41) is 4.09. The quantitative estimate of drug-likeness (QED) is 0.760. The summed E-state index contributed by atoms with van der Waals surface area (Å²) in [5.74, 6) is 0.864. The molecular formula is C10H17N5O2. The Bertz CT molecular complexity index is 397. The van der Waals surface area contributed by atoms with Crippen LogP contribution >= 0.6 is 0 Å². The molecule has 0 saturated carbocycles. The smallest absolute Gasteiger partial charge is 0.404 e. The Kier molecular flexibility index (Phi) is 3.08. The molecule has 7 heteroatoms. The number of piperidine rings is 1. The van der Waals surface area contributed by atoms with E-state index >= 15 is 0 Å². The standard InChI is InChI=1S/C10H17N5O2/c1-14-9(8(11)5-13-14)15-4-2-3-7(6-15)17-10(12)16/h5,7H,2-4,6,11H2,1H3,(H2,12,16). The molecule has 1 aromatic rings. The second-order valence-corrected chi connectivity index (χ2v) is 4.19. The van der Waals surface area contributed by atoms with Crippen LogP contribution in [0.25, 0.3) is 0 Å². The molecule has 0 spiro atoms. The second-order valence-electron chi connectivity index (χ2n) is 4.19. The number of nitrogens with zero attached hydrogens (tertiary/aromatic N) is 3. The van der Waals surface area contributed by atoms with Gasteiger partial charge in [0.05, 0.1) is 18.4 Å². The highest BCUT2D eigenvalue weighted by Gasteiger charge is 2.25. The molecule has 17 heavy (non-hydrogen) atoms. The van der Waals surface area contributed by atoms with Crippen molar-refractivity contribution in [3.63, 3.8) is 0 Å². The van der Waals surface area contributed by atoms with Crippen LogP contribution in [0.1, 0.15) is 12.8 Å². The lowest BCUT2D eigenvalue weighted by atomic mass is 10.1. The number of rotatable bonds is 2. The maximum Gasteiger partial charge on any atom is 0.404 e. The summed E-state index contributed by atoms with van der Waals surface area (Å²) in [6.07, 6.45) is 2.48. The Morgan fingerprint density at radius 1 is 1.65 bits per heavy atom. The fourth-order valence-electron chi connectivity index (χ4n) is 2.23. The van der Waals surface area contributed by atoms with E-state index in [9.17, 15) is 4.79 Å². The minimum absolute atomic E-state index is 0.171. The number of aryl methyl sites for hydroxylation is 1. The van der Waals surface area contributed by atoms with Crippen LogP contribution in [0.4, 0.5) is 16.3 Å². The maximum atomic E-state index is 10.7. The summed E-state index contributed by atoms with van der Waals surface area (Å²) in [5.41, 5.74) is 11.5. The van der Waals surface area contributed by atoms with E-state index in [1.807, 2.05) is 7.05 Å². The topological polar surface area (TPSA) is 99.4 Å². The molecule has 2 rings (SSSR count). The van der Waals surface area contributed by atoms with Crippen LogP contribution in [-0.2, 0) is 11.8 Å². The summed E-state index contributed by atoms with van der Waals surface area (Å²) in [4.78, 5) is 12.8. The Hall–Kier alpha value is -1.92. The lowest BCUT2D eigenvalue weighted by molar-refractivity contribution is 0.0963. The van der Waals surface area contributed by atoms with Crippen molar-refractivity contribution in [1.29, 1.82) is 0 Å². The highest BCUT2D eigenvalue weighted by molar-refractivity contribution is 5.65. The summed E-state index contributed by atoms with van der Waals surface area (Å²) in [6.45, 7) is 1.48. The van der Waals surface area contributed by atoms with Crippen molar-refractivity contribution in [1.82, 2.24) is 9.78 Å². The normalized spacial score (nSPS) is 20.3. The molecule has 1 aliphatic rings. The predicted molar refractivity (Wildman–Crippen MR) is 63.5 cm³/mol. The molecule has 1 saturated heterocycles. The number of anilines is 2. The first-order valence-corrected chi connectivity index (χ1v) is 5.56. The molecule has 0 bridgehead atoms. The van der Waals surface area contributed by atoms with Gasteiger partial charge in [-0.25, -0.2) is 4.79 Å². The fraction of sp³-hybridized carbons (Fsp3) is 0.600. The number of primary amides is 1. The van der Waals surface area contributed by atoms with Crippen molar-refractivity contribution in [2.24, 2.45) is 12.8 Å². The number of nitrogen functional groups attached to an aromatic ring is 1. The van der Waals surface area contributed by atoms with E-state index in [0.29, 0.717) is 12.2 Å². The highest BCUT2D eigenvalue weighted by Crippen LogP contribution is 2.25. The molecule has 0 radical (unpaired) electrons. The SMILES string of the molecule is Cn1ncc(N)c1N1CCCC(OC(N)=O)C1. The summed E-state index contributed by atoms with van der Waals surface area (Å²) in [6, 6.07) is 0. The van der Waals surface area contributed by atoms with E-state index in [0.717, 1.165) is 25.2 Å². The first-order chi connectivity index (χ1) is 8.08. The van der Waals surface area contributed by atoms with Gasteiger partial charge < -0.3 is 21.1 Å². The fourth-order valence-corrected chi connectivity index (χ4v) is 2.23. The number of amides is 1. The van der Waals surface area contributed by atoms with Crippen molar-refractivity contribution in [2.45, 2.75) is 18.9 Å². The van der Waals surface area contributed by atoms with Crippen LogP contribution < -0.4 is 16.4 Å². The number of hydrogen-bond acceptors (Lipinski definition) is 5. The zero-order chi connectivity index (χ0) is 12.4. The monoisotopic (exact) mass is 239 g/mol. The third-order valence-electron chi connectivity index (χ3n) is 2.90. The van der Waals surface area contributed by atoms with Crippen LogP contribution in [-0.4, -0.2) is 35.1 Å². The average Bonchev–Trinajstić information content (AvgIpc) is 2.58. The molecule has 1 fully saturated rings. The van der Waals surface area contributed by atoms with Gasteiger partial charge in [-0.2, -0.15) is 5.10 Å². The van der Waals surface area contributed by atoms with Gasteiger partial charge in [-0.1, -0.05) is 0 Å². The summed E-state index contributed by atoms with van der Waals surface area (Å²) >= 11 is 0. The van der Waals surface area contributed by atoms with Crippen LogP contribution in [0.15, 0.2) is 6.20 Å². The van der Waals surface area contributed by atoms with Gasteiger partial charge in [0, 0.05) is 13.6 Å². The summed E-state index contributed by atoms with van der Waals surface area (Å²) in [7, 11) is 1.84. The zero-order valence-corrected chi connectivity index (χ0v) is 9.80. The molecule has 7 nitrogen and oxygen atoms in total. The van der Waals surface area contributed by atoms with Crippen LogP contribution in [0.5, 0.6) is 0 Å². The van der Waals surface area contributed by atoms with Gasteiger partial charge in [0.1, 0.15) is 11.9 Å². The molecule has 1 amide bonds. The van der Waals surface area contributed by atoms with Crippen molar-refractivity contribution in [3.05, 3.63) is 6.20 Å².